The maximum atomic E-state index is 12.2. The molecule has 0 aromatic rings. The van der Waals surface area contributed by atoms with Crippen molar-refractivity contribution in [2.24, 2.45) is 11.3 Å². The molecule has 0 saturated heterocycles. The molecular weight excluding hydrogens is 256 g/mol. The number of carboxylic acid groups (broad SMARTS) is 1. The molecule has 1 rings (SSSR count). The van der Waals surface area contributed by atoms with Crippen molar-refractivity contribution >= 4 is 12.0 Å². The van der Waals surface area contributed by atoms with Crippen molar-refractivity contribution in [1.29, 1.82) is 0 Å². The van der Waals surface area contributed by atoms with Crippen LogP contribution in [0.3, 0.4) is 0 Å². The summed E-state index contributed by atoms with van der Waals surface area (Å²) in [5, 5.41) is 12.2. The standard InChI is InChI=1S/C15H28N2O3/c1-4-15(5-2,13(18)19)11-16-14(20)17(6-3)10-12-8-7-9-12/h12H,4-11H2,1-3H3,(H,16,20)(H,18,19). The van der Waals surface area contributed by atoms with E-state index < -0.39 is 11.4 Å². The van der Waals surface area contributed by atoms with Gasteiger partial charge in [-0.15, -0.1) is 0 Å². The Balaban J connectivity index is 2.52. The molecule has 1 fully saturated rings. The second kappa shape index (κ2) is 7.50. The second-order valence-electron chi connectivity index (χ2n) is 5.79. The first-order chi connectivity index (χ1) is 9.49. The van der Waals surface area contributed by atoms with Gasteiger partial charge in [0.1, 0.15) is 0 Å². The number of carboxylic acids is 1. The van der Waals surface area contributed by atoms with Crippen molar-refractivity contribution < 1.29 is 14.7 Å². The average Bonchev–Trinajstić information content (AvgIpc) is 2.39. The molecule has 0 aromatic carbocycles. The number of aliphatic carboxylic acids is 1. The summed E-state index contributed by atoms with van der Waals surface area (Å²) in [6.45, 7) is 7.34. The van der Waals surface area contributed by atoms with Crippen LogP contribution in [0.4, 0.5) is 4.79 Å². The van der Waals surface area contributed by atoms with Crippen LogP contribution in [0.1, 0.15) is 52.9 Å². The number of rotatable bonds is 8. The van der Waals surface area contributed by atoms with Crippen LogP contribution in [0.2, 0.25) is 0 Å². The first-order valence-electron chi connectivity index (χ1n) is 7.75. The van der Waals surface area contributed by atoms with E-state index in [1.165, 1.54) is 19.3 Å². The van der Waals surface area contributed by atoms with Crippen molar-refractivity contribution in [3.8, 4) is 0 Å². The number of amides is 2. The molecule has 0 radical (unpaired) electrons. The van der Waals surface area contributed by atoms with Crippen LogP contribution in [0.25, 0.3) is 0 Å². The molecule has 2 amide bonds. The summed E-state index contributed by atoms with van der Waals surface area (Å²) in [4.78, 5) is 25.4. The van der Waals surface area contributed by atoms with Gasteiger partial charge in [-0.25, -0.2) is 4.79 Å². The normalized spacial score (nSPS) is 15.6. The van der Waals surface area contributed by atoms with Crippen LogP contribution in [-0.2, 0) is 4.79 Å². The summed E-state index contributed by atoms with van der Waals surface area (Å²) < 4.78 is 0. The molecule has 0 atom stereocenters. The monoisotopic (exact) mass is 284 g/mol. The highest BCUT2D eigenvalue weighted by molar-refractivity contribution is 5.78. The molecular formula is C15H28N2O3. The van der Waals surface area contributed by atoms with Gasteiger partial charge in [0.05, 0.1) is 5.41 Å². The quantitative estimate of drug-likeness (QED) is 0.720. The molecule has 0 unspecified atom stereocenters. The van der Waals surface area contributed by atoms with Gasteiger partial charge >= 0.3 is 12.0 Å². The predicted molar refractivity (Wildman–Crippen MR) is 78.6 cm³/mol. The highest BCUT2D eigenvalue weighted by atomic mass is 16.4. The molecule has 5 nitrogen and oxygen atoms in total. The first-order valence-corrected chi connectivity index (χ1v) is 7.75. The Kier molecular flexibility index (Phi) is 6.30. The molecule has 0 spiro atoms. The predicted octanol–water partition coefficient (Wildman–Crippen LogP) is 2.71. The molecule has 1 aliphatic carbocycles. The lowest BCUT2D eigenvalue weighted by Gasteiger charge is -2.33. The topological polar surface area (TPSA) is 69.6 Å². The molecule has 116 valence electrons. The Bertz CT molecular complexity index is 336. The number of urea groups is 1. The number of carbonyl (C=O) groups is 2. The summed E-state index contributed by atoms with van der Waals surface area (Å²) >= 11 is 0. The van der Waals surface area contributed by atoms with E-state index in [4.69, 9.17) is 0 Å². The van der Waals surface area contributed by atoms with Crippen LogP contribution < -0.4 is 5.32 Å². The lowest BCUT2D eigenvalue weighted by molar-refractivity contribution is -0.149. The van der Waals surface area contributed by atoms with E-state index in [9.17, 15) is 14.7 Å². The van der Waals surface area contributed by atoms with Crippen molar-refractivity contribution in [3.05, 3.63) is 0 Å². The highest BCUT2D eigenvalue weighted by Crippen LogP contribution is 2.28. The molecule has 0 heterocycles. The fraction of sp³-hybridized carbons (Fsp3) is 0.867. The van der Waals surface area contributed by atoms with Crippen molar-refractivity contribution in [2.45, 2.75) is 52.9 Å². The lowest BCUT2D eigenvalue weighted by atomic mass is 9.82. The molecule has 0 bridgehead atoms. The molecule has 0 aromatic heterocycles. The van der Waals surface area contributed by atoms with Crippen LogP contribution >= 0.6 is 0 Å². The largest absolute Gasteiger partial charge is 0.481 e. The van der Waals surface area contributed by atoms with Gasteiger partial charge in [0, 0.05) is 19.6 Å². The SMILES string of the molecule is CCN(CC1CCC1)C(=O)NCC(CC)(CC)C(=O)O. The van der Waals surface area contributed by atoms with Gasteiger partial charge in [0.2, 0.25) is 0 Å². The number of hydrogen-bond acceptors (Lipinski definition) is 2. The molecule has 0 aliphatic heterocycles. The summed E-state index contributed by atoms with van der Waals surface area (Å²) in [5.74, 6) is -0.202. The summed E-state index contributed by atoms with van der Waals surface area (Å²) in [6, 6.07) is -0.132. The zero-order chi connectivity index (χ0) is 15.2. The number of carbonyl (C=O) groups excluding carboxylic acids is 1. The summed E-state index contributed by atoms with van der Waals surface area (Å²) in [7, 11) is 0. The van der Waals surface area contributed by atoms with Gasteiger partial charge < -0.3 is 15.3 Å². The van der Waals surface area contributed by atoms with Crippen LogP contribution in [0.5, 0.6) is 0 Å². The summed E-state index contributed by atoms with van der Waals surface area (Å²) in [6.07, 6.45) is 4.71. The zero-order valence-corrected chi connectivity index (χ0v) is 12.9. The molecule has 1 saturated carbocycles. The van der Waals surface area contributed by atoms with Gasteiger partial charge in [-0.2, -0.15) is 0 Å². The second-order valence-corrected chi connectivity index (χ2v) is 5.79. The van der Waals surface area contributed by atoms with Crippen molar-refractivity contribution in [1.82, 2.24) is 10.2 Å². The lowest BCUT2D eigenvalue weighted by Crippen LogP contribution is -2.48. The third kappa shape index (κ3) is 3.87. The van der Waals surface area contributed by atoms with E-state index in [2.05, 4.69) is 5.32 Å². The maximum absolute atomic E-state index is 12.2. The van der Waals surface area contributed by atoms with Gasteiger partial charge in [-0.1, -0.05) is 20.3 Å². The van der Waals surface area contributed by atoms with Crippen molar-refractivity contribution in [2.75, 3.05) is 19.6 Å². The molecule has 2 N–H and O–H groups in total. The number of hydrogen-bond donors (Lipinski definition) is 2. The van der Waals surface area contributed by atoms with E-state index in [1.54, 1.807) is 4.90 Å². The van der Waals surface area contributed by atoms with E-state index in [0.717, 1.165) is 6.54 Å². The minimum absolute atomic E-state index is 0.132. The fourth-order valence-corrected chi connectivity index (χ4v) is 2.58. The Morgan fingerprint density at radius 3 is 2.20 bits per heavy atom. The average molecular weight is 284 g/mol. The minimum atomic E-state index is -0.842. The Labute approximate surface area is 121 Å². The first kappa shape index (κ1) is 16.8. The number of nitrogens with zero attached hydrogens (tertiary/aromatic N) is 1. The van der Waals surface area contributed by atoms with Crippen molar-refractivity contribution in [3.63, 3.8) is 0 Å². The van der Waals surface area contributed by atoms with Crippen LogP contribution in [-0.4, -0.2) is 41.6 Å². The Hall–Kier alpha value is -1.26. The summed E-state index contributed by atoms with van der Waals surface area (Å²) in [5.41, 5.74) is -0.842. The van der Waals surface area contributed by atoms with E-state index in [-0.39, 0.29) is 12.6 Å². The third-order valence-corrected chi connectivity index (χ3v) is 4.76. The van der Waals surface area contributed by atoms with E-state index in [1.807, 2.05) is 20.8 Å². The highest BCUT2D eigenvalue weighted by Gasteiger charge is 2.35. The van der Waals surface area contributed by atoms with Gasteiger partial charge in [0.25, 0.3) is 0 Å². The van der Waals surface area contributed by atoms with Crippen LogP contribution in [0, 0.1) is 11.3 Å². The van der Waals surface area contributed by atoms with E-state index >= 15 is 0 Å². The Morgan fingerprint density at radius 1 is 1.25 bits per heavy atom. The minimum Gasteiger partial charge on any atom is -0.481 e. The van der Waals surface area contributed by atoms with Gasteiger partial charge in [-0.05, 0) is 38.5 Å². The fourth-order valence-electron chi connectivity index (χ4n) is 2.58. The smallest absolute Gasteiger partial charge is 0.317 e. The number of nitrogens with one attached hydrogen (secondary N) is 1. The Morgan fingerprint density at radius 2 is 1.85 bits per heavy atom. The molecule has 20 heavy (non-hydrogen) atoms. The van der Waals surface area contributed by atoms with Gasteiger partial charge in [0.15, 0.2) is 0 Å². The van der Waals surface area contributed by atoms with E-state index in [0.29, 0.717) is 25.3 Å². The third-order valence-electron chi connectivity index (χ3n) is 4.76. The van der Waals surface area contributed by atoms with Crippen LogP contribution in [0.15, 0.2) is 0 Å². The van der Waals surface area contributed by atoms with Gasteiger partial charge in [-0.3, -0.25) is 4.79 Å². The molecule has 5 heteroatoms. The maximum Gasteiger partial charge on any atom is 0.317 e. The zero-order valence-electron chi connectivity index (χ0n) is 12.9. The molecule has 1 aliphatic rings.